The van der Waals surface area contributed by atoms with E-state index >= 15 is 0 Å². The van der Waals surface area contributed by atoms with E-state index in [1.54, 1.807) is 24.3 Å². The summed E-state index contributed by atoms with van der Waals surface area (Å²) in [6, 6.07) is 17.1. The number of nitrogens with zero attached hydrogens (tertiary/aromatic N) is 1. The van der Waals surface area contributed by atoms with E-state index in [1.165, 1.54) is 5.56 Å². The number of halogens is 1. The van der Waals surface area contributed by atoms with Crippen LogP contribution in [0.4, 0.5) is 0 Å². The Hall–Kier alpha value is -2.39. The van der Waals surface area contributed by atoms with E-state index in [-0.39, 0.29) is 0 Å². The van der Waals surface area contributed by atoms with Gasteiger partial charge in [0.05, 0.1) is 12.1 Å². The highest BCUT2D eigenvalue weighted by Gasteiger charge is 2.05. The fraction of sp³-hybridized carbons (Fsp3) is 0.158. The fourth-order valence-corrected chi connectivity index (χ4v) is 2.69. The average molecular weight is 326 g/mol. The molecule has 0 saturated heterocycles. The van der Waals surface area contributed by atoms with Crippen LogP contribution in [0.25, 0.3) is 10.9 Å². The van der Waals surface area contributed by atoms with Gasteiger partial charge in [-0.25, -0.2) is 0 Å². The Balaban J connectivity index is 1.70. The lowest BCUT2D eigenvalue weighted by Gasteiger charge is -2.09. The van der Waals surface area contributed by atoms with Crippen LogP contribution in [-0.2, 0) is 6.42 Å². The first-order valence-electron chi connectivity index (χ1n) is 7.41. The van der Waals surface area contributed by atoms with Crippen molar-refractivity contribution in [3.05, 3.63) is 71.4 Å². The average Bonchev–Trinajstić information content (AvgIpc) is 2.55. The number of para-hydroxylation sites is 1. The summed E-state index contributed by atoms with van der Waals surface area (Å²) in [5.41, 5.74) is 3.70. The van der Waals surface area contributed by atoms with Crippen molar-refractivity contribution in [2.45, 2.75) is 13.3 Å². The summed E-state index contributed by atoms with van der Waals surface area (Å²) in [5, 5.41) is 0.695. The molecular formula is C19H16ClNO2. The van der Waals surface area contributed by atoms with Crippen LogP contribution in [0, 0.1) is 6.92 Å². The third kappa shape index (κ3) is 3.69. The molecule has 1 aromatic heterocycles. The maximum absolute atomic E-state index is 11.0. The number of ether oxygens (including phenoxy) is 1. The summed E-state index contributed by atoms with van der Waals surface area (Å²) in [5.74, 6) is 0.724. The minimum atomic E-state index is -0.463. The normalized spacial score (nSPS) is 10.7. The molecule has 0 amide bonds. The first kappa shape index (κ1) is 15.5. The lowest BCUT2D eigenvalue weighted by molar-refractivity contribution is 0.108. The first-order valence-corrected chi connectivity index (χ1v) is 7.79. The van der Waals surface area contributed by atoms with Gasteiger partial charge >= 0.3 is 0 Å². The van der Waals surface area contributed by atoms with Crippen LogP contribution >= 0.6 is 11.6 Å². The van der Waals surface area contributed by atoms with Crippen molar-refractivity contribution >= 4 is 27.7 Å². The monoisotopic (exact) mass is 325 g/mol. The Morgan fingerprint density at radius 1 is 1.13 bits per heavy atom. The molecule has 0 aliphatic rings. The highest BCUT2D eigenvalue weighted by Crippen LogP contribution is 2.19. The number of aryl methyl sites for hydroxylation is 1. The number of hydrogen-bond donors (Lipinski definition) is 0. The van der Waals surface area contributed by atoms with Gasteiger partial charge < -0.3 is 4.74 Å². The molecule has 0 saturated carbocycles. The van der Waals surface area contributed by atoms with Crippen LogP contribution in [0.2, 0.25) is 0 Å². The predicted octanol–water partition coefficient (Wildman–Crippen LogP) is 4.54. The van der Waals surface area contributed by atoms with Crippen molar-refractivity contribution in [1.82, 2.24) is 4.98 Å². The summed E-state index contributed by atoms with van der Waals surface area (Å²) in [4.78, 5) is 15.6. The summed E-state index contributed by atoms with van der Waals surface area (Å²) < 4.78 is 5.76. The van der Waals surface area contributed by atoms with Gasteiger partial charge in [0, 0.05) is 23.1 Å². The van der Waals surface area contributed by atoms with Crippen LogP contribution in [0.3, 0.4) is 0 Å². The molecule has 3 nitrogen and oxygen atoms in total. The Bertz CT molecular complexity index is 844. The third-order valence-electron chi connectivity index (χ3n) is 3.65. The molecule has 0 bridgehead atoms. The first-order chi connectivity index (χ1) is 11.1. The molecule has 0 unspecified atom stereocenters. The van der Waals surface area contributed by atoms with E-state index in [0.717, 1.165) is 28.8 Å². The molecule has 3 rings (SSSR count). The summed E-state index contributed by atoms with van der Waals surface area (Å²) in [6.45, 7) is 2.56. The topological polar surface area (TPSA) is 39.2 Å². The molecule has 4 heteroatoms. The van der Waals surface area contributed by atoms with Crippen molar-refractivity contribution in [1.29, 1.82) is 0 Å². The summed E-state index contributed by atoms with van der Waals surface area (Å²) in [6.07, 6.45) is 0.792. The number of carbonyl (C=O) groups is 1. The van der Waals surface area contributed by atoms with Crippen LogP contribution in [0.1, 0.15) is 21.6 Å². The zero-order valence-corrected chi connectivity index (χ0v) is 13.5. The van der Waals surface area contributed by atoms with Crippen molar-refractivity contribution in [3.63, 3.8) is 0 Å². The van der Waals surface area contributed by atoms with E-state index < -0.39 is 5.24 Å². The van der Waals surface area contributed by atoms with Gasteiger partial charge in [0.25, 0.3) is 5.24 Å². The number of carbonyl (C=O) groups excluding carboxylic acids is 1. The van der Waals surface area contributed by atoms with Crippen LogP contribution in [-0.4, -0.2) is 16.8 Å². The number of aromatic nitrogens is 1. The molecular weight excluding hydrogens is 310 g/mol. The van der Waals surface area contributed by atoms with E-state index in [2.05, 4.69) is 17.1 Å². The van der Waals surface area contributed by atoms with E-state index in [4.69, 9.17) is 16.3 Å². The van der Waals surface area contributed by atoms with Gasteiger partial charge in [-0.05, 0) is 60.5 Å². The standard InChI is InChI=1S/C19H16ClNO2/c1-13-12-15(17-4-2-3-5-18(17)21-13)10-11-23-16-8-6-14(7-9-16)19(20)22/h2-9,12H,10-11H2,1H3. The van der Waals surface area contributed by atoms with Gasteiger partial charge in [-0.15, -0.1) is 0 Å². The molecule has 2 aromatic carbocycles. The van der Waals surface area contributed by atoms with Crippen molar-refractivity contribution in [3.8, 4) is 5.75 Å². The Kier molecular flexibility index (Phi) is 4.58. The van der Waals surface area contributed by atoms with Gasteiger partial charge in [-0.2, -0.15) is 0 Å². The number of benzene rings is 2. The largest absolute Gasteiger partial charge is 0.493 e. The molecule has 0 atom stereocenters. The quantitative estimate of drug-likeness (QED) is 0.646. The molecule has 0 N–H and O–H groups in total. The van der Waals surface area contributed by atoms with E-state index in [0.29, 0.717) is 12.2 Å². The molecule has 0 aliphatic heterocycles. The number of fused-ring (bicyclic) bond motifs is 1. The second-order valence-electron chi connectivity index (χ2n) is 5.34. The maximum Gasteiger partial charge on any atom is 0.252 e. The second-order valence-corrected chi connectivity index (χ2v) is 5.68. The Morgan fingerprint density at radius 3 is 2.61 bits per heavy atom. The smallest absolute Gasteiger partial charge is 0.252 e. The highest BCUT2D eigenvalue weighted by atomic mass is 35.5. The highest BCUT2D eigenvalue weighted by molar-refractivity contribution is 6.67. The van der Waals surface area contributed by atoms with Gasteiger partial charge in [0.15, 0.2) is 0 Å². The molecule has 0 radical (unpaired) electrons. The zero-order chi connectivity index (χ0) is 16.2. The number of rotatable bonds is 5. The van der Waals surface area contributed by atoms with Crippen LogP contribution in [0.5, 0.6) is 5.75 Å². The molecule has 0 spiro atoms. The molecule has 0 fully saturated rings. The van der Waals surface area contributed by atoms with Crippen molar-refractivity contribution in [2.24, 2.45) is 0 Å². The van der Waals surface area contributed by atoms with Gasteiger partial charge in [0.1, 0.15) is 5.75 Å². The Labute approximate surface area is 139 Å². The van der Waals surface area contributed by atoms with Crippen molar-refractivity contribution in [2.75, 3.05) is 6.61 Å². The minimum Gasteiger partial charge on any atom is -0.493 e. The second kappa shape index (κ2) is 6.80. The third-order valence-corrected chi connectivity index (χ3v) is 3.87. The minimum absolute atomic E-state index is 0.463. The molecule has 116 valence electrons. The maximum atomic E-state index is 11.0. The van der Waals surface area contributed by atoms with Gasteiger partial charge in [-0.3, -0.25) is 9.78 Å². The lowest BCUT2D eigenvalue weighted by atomic mass is 10.1. The summed E-state index contributed by atoms with van der Waals surface area (Å²) >= 11 is 5.42. The van der Waals surface area contributed by atoms with E-state index in [1.807, 2.05) is 25.1 Å². The van der Waals surface area contributed by atoms with Gasteiger partial charge in [-0.1, -0.05) is 18.2 Å². The zero-order valence-electron chi connectivity index (χ0n) is 12.8. The molecule has 0 aliphatic carbocycles. The Morgan fingerprint density at radius 2 is 1.87 bits per heavy atom. The number of hydrogen-bond acceptors (Lipinski definition) is 3. The molecule has 1 heterocycles. The fourth-order valence-electron chi connectivity index (χ4n) is 2.56. The van der Waals surface area contributed by atoms with Gasteiger partial charge in [0.2, 0.25) is 0 Å². The van der Waals surface area contributed by atoms with Crippen LogP contribution in [0.15, 0.2) is 54.6 Å². The predicted molar refractivity (Wildman–Crippen MR) is 92.3 cm³/mol. The molecule has 3 aromatic rings. The van der Waals surface area contributed by atoms with Crippen LogP contribution < -0.4 is 4.74 Å². The SMILES string of the molecule is Cc1cc(CCOc2ccc(C(=O)Cl)cc2)c2ccccc2n1. The summed E-state index contributed by atoms with van der Waals surface area (Å²) in [7, 11) is 0. The van der Waals surface area contributed by atoms with Crippen molar-refractivity contribution < 1.29 is 9.53 Å². The van der Waals surface area contributed by atoms with E-state index in [9.17, 15) is 4.79 Å². The number of pyridine rings is 1. The lowest BCUT2D eigenvalue weighted by Crippen LogP contribution is -2.03. The molecule has 23 heavy (non-hydrogen) atoms.